The molecule has 2 aromatic rings. The quantitative estimate of drug-likeness (QED) is 0.279. The van der Waals surface area contributed by atoms with Crippen LogP contribution in [0.15, 0.2) is 35.2 Å². The number of rotatable bonds is 8. The van der Waals surface area contributed by atoms with Crippen LogP contribution in [-0.2, 0) is 17.6 Å². The molecule has 5 atom stereocenters. The lowest BCUT2D eigenvalue weighted by Gasteiger charge is -2.24. The van der Waals surface area contributed by atoms with E-state index in [-0.39, 0.29) is 23.0 Å². The lowest BCUT2D eigenvalue weighted by molar-refractivity contribution is 0.102. The normalized spacial score (nSPS) is 25.3. The first-order valence-electron chi connectivity index (χ1n) is 9.51. The summed E-state index contributed by atoms with van der Waals surface area (Å²) in [5, 5.41) is 11.3. The number of halogens is 3. The first kappa shape index (κ1) is 23.4. The molecule has 1 unspecified atom stereocenters. The van der Waals surface area contributed by atoms with Gasteiger partial charge < -0.3 is 9.66 Å². The Bertz CT molecular complexity index is 837. The van der Waals surface area contributed by atoms with Gasteiger partial charge in [-0.05, 0) is 67.9 Å². The molecule has 1 saturated carbocycles. The fourth-order valence-electron chi connectivity index (χ4n) is 3.91. The number of Topliss-reactive ketones (excluding diaryl/α,β-unsaturated/α-hetero) is 1. The molecular weight excluding hydrogens is 471 g/mol. The van der Waals surface area contributed by atoms with E-state index in [1.807, 2.05) is 12.1 Å². The topological polar surface area (TPSA) is 60.4 Å². The molecule has 0 bridgehead atoms. The molecule has 0 aliphatic heterocycles. The molecule has 1 N–H and O–H groups in total. The van der Waals surface area contributed by atoms with Gasteiger partial charge in [0.05, 0.1) is 11.0 Å². The Kier molecular flexibility index (Phi) is 8.36. The van der Waals surface area contributed by atoms with Crippen molar-refractivity contribution in [3.63, 3.8) is 0 Å². The van der Waals surface area contributed by atoms with Crippen LogP contribution in [0.25, 0.3) is 0 Å². The van der Waals surface area contributed by atoms with Crippen LogP contribution in [0.2, 0.25) is 10.0 Å². The minimum Gasteiger partial charge on any atom is -0.611 e. The number of aliphatic hydroxyl groups is 1. The summed E-state index contributed by atoms with van der Waals surface area (Å²) in [5.74, 6) is 0.383. The van der Waals surface area contributed by atoms with Crippen molar-refractivity contribution in [2.75, 3.05) is 5.75 Å². The van der Waals surface area contributed by atoms with Gasteiger partial charge in [0, 0.05) is 38.4 Å². The van der Waals surface area contributed by atoms with E-state index in [0.29, 0.717) is 27.1 Å². The molecule has 1 aliphatic rings. The number of thiophene rings is 1. The van der Waals surface area contributed by atoms with Gasteiger partial charge >= 0.3 is 0 Å². The first-order chi connectivity index (χ1) is 13.7. The molecule has 158 valence electrons. The van der Waals surface area contributed by atoms with Crippen molar-refractivity contribution in [3.05, 3.63) is 50.1 Å². The highest BCUT2D eigenvalue weighted by Crippen LogP contribution is 2.41. The number of hydrogen-bond acceptors (Lipinski definition) is 4. The van der Waals surface area contributed by atoms with Crippen molar-refractivity contribution in [3.8, 4) is 0 Å². The van der Waals surface area contributed by atoms with Crippen LogP contribution in [-0.4, -0.2) is 32.7 Å². The third kappa shape index (κ3) is 6.13. The fraction of sp³-hybridized carbons (Fsp3) is 0.476. The Morgan fingerprint density at radius 2 is 1.93 bits per heavy atom. The van der Waals surface area contributed by atoms with Crippen LogP contribution in [0.5, 0.6) is 0 Å². The van der Waals surface area contributed by atoms with E-state index in [1.165, 1.54) is 16.2 Å². The van der Waals surface area contributed by atoms with Crippen LogP contribution >= 0.6 is 46.1 Å². The number of carbonyl (C=O) groups is 1. The van der Waals surface area contributed by atoms with Gasteiger partial charge in [0.1, 0.15) is 5.75 Å². The van der Waals surface area contributed by atoms with E-state index < -0.39 is 17.3 Å². The molecule has 29 heavy (non-hydrogen) atoms. The van der Waals surface area contributed by atoms with Gasteiger partial charge in [0.2, 0.25) is 0 Å². The Labute approximate surface area is 193 Å². The highest BCUT2D eigenvalue weighted by atomic mass is 35.5. The zero-order chi connectivity index (χ0) is 21.1. The van der Waals surface area contributed by atoms with Gasteiger partial charge in [-0.3, -0.25) is 4.79 Å². The zero-order valence-corrected chi connectivity index (χ0v) is 19.8. The third-order valence-electron chi connectivity index (χ3n) is 5.39. The van der Waals surface area contributed by atoms with Crippen LogP contribution in [0, 0.1) is 11.8 Å². The Hall–Kier alpha value is -0.270. The molecule has 1 aromatic heterocycles. The van der Waals surface area contributed by atoms with Crippen LogP contribution in [0.1, 0.15) is 40.7 Å². The van der Waals surface area contributed by atoms with Crippen molar-refractivity contribution in [1.29, 1.82) is 0 Å². The number of alkyl halides is 1. The molecule has 3 nitrogen and oxygen atoms in total. The van der Waals surface area contributed by atoms with Crippen LogP contribution < -0.4 is 0 Å². The standard InChI is InChI=1S/C21H23Cl3O3S2/c1-12(25)21-6-5-15(28-21)3-2-4-17-18(20(26)10-19(17)24)11-29(27)16-8-13(22)7-14(23)9-16/h5-9,17-20,26H,2-4,10-11H2,1H3/t17-,18-,19-,20-,29?/m1/s1. The number of carbonyl (C=O) groups excluding carboxylic acids is 1. The van der Waals surface area contributed by atoms with Gasteiger partial charge in [-0.1, -0.05) is 23.2 Å². The second-order valence-corrected chi connectivity index (χ2v) is 11.6. The highest BCUT2D eigenvalue weighted by Gasteiger charge is 2.43. The maximum atomic E-state index is 12.9. The minimum atomic E-state index is -1.32. The number of aliphatic hydroxyl groups excluding tert-OH is 1. The Balaban J connectivity index is 1.61. The van der Waals surface area contributed by atoms with Crippen molar-refractivity contribution < 1.29 is 14.5 Å². The average Bonchev–Trinajstić information content (AvgIpc) is 3.21. The summed E-state index contributed by atoms with van der Waals surface area (Å²) in [4.78, 5) is 14.0. The summed E-state index contributed by atoms with van der Waals surface area (Å²) in [6.45, 7) is 1.57. The average molecular weight is 494 g/mol. The lowest BCUT2D eigenvalue weighted by Crippen LogP contribution is -2.29. The number of aryl methyl sites for hydroxylation is 1. The summed E-state index contributed by atoms with van der Waals surface area (Å²) in [6.07, 6.45) is 2.57. The molecule has 0 saturated heterocycles. The van der Waals surface area contributed by atoms with E-state index in [4.69, 9.17) is 34.8 Å². The number of hydrogen-bond donors (Lipinski definition) is 1. The van der Waals surface area contributed by atoms with Crippen molar-refractivity contribution in [2.24, 2.45) is 11.8 Å². The van der Waals surface area contributed by atoms with Crippen molar-refractivity contribution >= 4 is 63.1 Å². The SMILES string of the molecule is CC(=O)c1ccc(CCC[C@@H]2[C@@H](C[S+]([O-])c3cc(Cl)cc(Cl)c3)[C@H](O)C[C@H]2Cl)s1. The predicted octanol–water partition coefficient (Wildman–Crippen LogP) is 5.99. The predicted molar refractivity (Wildman–Crippen MR) is 122 cm³/mol. The highest BCUT2D eigenvalue weighted by molar-refractivity contribution is 7.91. The Morgan fingerprint density at radius 1 is 1.24 bits per heavy atom. The van der Waals surface area contributed by atoms with Gasteiger partial charge in [0.15, 0.2) is 10.7 Å². The van der Waals surface area contributed by atoms with E-state index in [0.717, 1.165) is 24.1 Å². The van der Waals surface area contributed by atoms with E-state index in [9.17, 15) is 14.5 Å². The fourth-order valence-corrected chi connectivity index (χ4v) is 7.53. The largest absolute Gasteiger partial charge is 0.611 e. The first-order valence-corrected chi connectivity index (χ1v) is 12.8. The summed E-state index contributed by atoms with van der Waals surface area (Å²) in [6, 6.07) is 8.78. The van der Waals surface area contributed by atoms with Gasteiger partial charge in [-0.25, -0.2) is 0 Å². The smallest absolute Gasteiger partial charge is 0.169 e. The molecule has 1 aliphatic carbocycles. The molecule has 1 heterocycles. The molecule has 0 amide bonds. The van der Waals surface area contributed by atoms with Crippen molar-refractivity contribution in [2.45, 2.75) is 49.0 Å². The summed E-state index contributed by atoms with van der Waals surface area (Å²) >= 11 is 18.8. The van der Waals surface area contributed by atoms with Gasteiger partial charge in [-0.15, -0.1) is 22.9 Å². The summed E-state index contributed by atoms with van der Waals surface area (Å²) in [7, 11) is 0. The van der Waals surface area contributed by atoms with Crippen LogP contribution in [0.4, 0.5) is 0 Å². The molecular formula is C21H23Cl3O3S2. The second-order valence-electron chi connectivity index (χ2n) is 7.48. The van der Waals surface area contributed by atoms with E-state index >= 15 is 0 Å². The Morgan fingerprint density at radius 3 is 2.55 bits per heavy atom. The molecule has 1 aromatic carbocycles. The third-order valence-corrected chi connectivity index (χ3v) is 9.02. The minimum absolute atomic E-state index is 0.0876. The monoisotopic (exact) mass is 492 g/mol. The zero-order valence-electron chi connectivity index (χ0n) is 15.9. The van der Waals surface area contributed by atoms with Crippen molar-refractivity contribution in [1.82, 2.24) is 0 Å². The number of ketones is 1. The molecule has 1 fully saturated rings. The summed E-state index contributed by atoms with van der Waals surface area (Å²) < 4.78 is 12.9. The molecule has 0 radical (unpaired) electrons. The van der Waals surface area contributed by atoms with E-state index in [2.05, 4.69) is 0 Å². The van der Waals surface area contributed by atoms with Gasteiger partial charge in [-0.2, -0.15) is 0 Å². The lowest BCUT2D eigenvalue weighted by atomic mass is 9.91. The second kappa shape index (κ2) is 10.4. The maximum Gasteiger partial charge on any atom is 0.169 e. The van der Waals surface area contributed by atoms with E-state index in [1.54, 1.807) is 25.1 Å². The molecule has 8 heteroatoms. The summed E-state index contributed by atoms with van der Waals surface area (Å²) in [5.41, 5.74) is 0. The molecule has 3 rings (SSSR count). The van der Waals surface area contributed by atoms with Crippen LogP contribution in [0.3, 0.4) is 0 Å². The maximum absolute atomic E-state index is 12.9. The van der Waals surface area contributed by atoms with Gasteiger partial charge in [0.25, 0.3) is 0 Å². The molecule has 0 spiro atoms. The number of benzene rings is 1.